The largest absolute Gasteiger partial charge is 0.256 e. The molecule has 0 saturated heterocycles. The Balaban J connectivity index is 2.38. The number of aromatic nitrogens is 1. The van der Waals surface area contributed by atoms with Gasteiger partial charge in [-0.2, -0.15) is 0 Å². The van der Waals surface area contributed by atoms with Gasteiger partial charge >= 0.3 is 0 Å². The summed E-state index contributed by atoms with van der Waals surface area (Å²) in [5.74, 6) is -0.575. The molecule has 0 atom stereocenters. The van der Waals surface area contributed by atoms with Gasteiger partial charge in [0.05, 0.1) is 13.8 Å². The molecule has 0 aliphatic carbocycles. The van der Waals surface area contributed by atoms with E-state index in [0.717, 1.165) is 16.8 Å². The normalized spacial score (nSPS) is 13.2. The zero-order valence-electron chi connectivity index (χ0n) is 13.5. The van der Waals surface area contributed by atoms with Gasteiger partial charge in [-0.25, -0.2) is 0 Å². The molecule has 0 saturated carbocycles. The maximum absolute atomic E-state index is 8.13. The summed E-state index contributed by atoms with van der Waals surface area (Å²) in [6, 6.07) is 12.5. The third-order valence-corrected chi connectivity index (χ3v) is 5.39. The van der Waals surface area contributed by atoms with Gasteiger partial charge in [0.1, 0.15) is 0 Å². The molecule has 1 heterocycles. The Bertz CT molecular complexity index is 592. The Kier molecular flexibility index (Phi) is 3.51. The van der Waals surface area contributed by atoms with Crippen LogP contribution in [0.1, 0.15) is 26.7 Å². The molecule has 0 spiro atoms. The molecule has 2 heteroatoms. The summed E-state index contributed by atoms with van der Waals surface area (Å²) in [5.41, 5.74) is 3.09. The summed E-state index contributed by atoms with van der Waals surface area (Å²) in [6.07, 6.45) is 2.01. The van der Waals surface area contributed by atoms with Gasteiger partial charge in [0, 0.05) is 13.1 Å². The van der Waals surface area contributed by atoms with Crippen LogP contribution in [0.15, 0.2) is 42.6 Å². The number of hydrogen-bond donors (Lipinski definition) is 0. The predicted molar refractivity (Wildman–Crippen MR) is 86.7 cm³/mol. The fraction of sp³-hybridized carbons (Fsp3) is 0.353. The molecule has 0 bridgehead atoms. The molecule has 19 heavy (non-hydrogen) atoms. The van der Waals surface area contributed by atoms with Crippen LogP contribution >= 0.6 is 0 Å². The van der Waals surface area contributed by atoms with E-state index in [9.17, 15) is 0 Å². The van der Waals surface area contributed by atoms with Gasteiger partial charge in [0.2, 0.25) is 0 Å². The van der Waals surface area contributed by atoms with E-state index >= 15 is 0 Å². The first-order chi connectivity index (χ1) is 9.18. The number of benzene rings is 1. The maximum atomic E-state index is 8.13. The second-order valence-electron chi connectivity index (χ2n) is 6.26. The van der Waals surface area contributed by atoms with Crippen molar-refractivity contribution in [1.82, 2.24) is 4.98 Å². The maximum Gasteiger partial charge on any atom is 0.0796 e. The average Bonchev–Trinajstić information content (AvgIpc) is 2.37. The highest BCUT2D eigenvalue weighted by Crippen LogP contribution is 2.22. The number of rotatable bonds is 3. The molecule has 0 aliphatic rings. The third kappa shape index (κ3) is 3.32. The Morgan fingerprint density at radius 2 is 1.84 bits per heavy atom. The van der Waals surface area contributed by atoms with Crippen molar-refractivity contribution in [3.8, 4) is 11.3 Å². The Morgan fingerprint density at radius 1 is 1.11 bits per heavy atom. The van der Waals surface area contributed by atoms with Crippen LogP contribution in [0.4, 0.5) is 0 Å². The van der Waals surface area contributed by atoms with Crippen LogP contribution in [0.25, 0.3) is 11.3 Å². The fourth-order valence-corrected chi connectivity index (χ4v) is 3.03. The second-order valence-corrected chi connectivity index (χ2v) is 11.3. The minimum absolute atomic E-state index is 0.575. The second kappa shape index (κ2) is 5.30. The molecular formula is C17H23NSi. The first-order valence-corrected chi connectivity index (χ1v) is 10.3. The zero-order valence-corrected chi connectivity index (χ0v) is 13.5. The summed E-state index contributed by atoms with van der Waals surface area (Å²) in [6.45, 7) is 10.8. The van der Waals surface area contributed by atoms with Crippen LogP contribution in [0, 0.1) is 0 Å². The van der Waals surface area contributed by atoms with Gasteiger partial charge in [-0.1, -0.05) is 57.8 Å². The lowest BCUT2D eigenvalue weighted by Crippen LogP contribution is -2.37. The average molecular weight is 270 g/mol. The van der Waals surface area contributed by atoms with E-state index in [1.54, 1.807) is 0 Å². The van der Waals surface area contributed by atoms with E-state index in [1.807, 2.05) is 32.2 Å². The van der Waals surface area contributed by atoms with Crippen LogP contribution in [0.2, 0.25) is 19.6 Å². The van der Waals surface area contributed by atoms with Gasteiger partial charge < -0.3 is 0 Å². The van der Waals surface area contributed by atoms with Crippen LogP contribution in [0.3, 0.4) is 0 Å². The fourth-order valence-electron chi connectivity index (χ4n) is 2.00. The molecule has 0 unspecified atom stereocenters. The van der Waals surface area contributed by atoms with E-state index in [-0.39, 0.29) is 0 Å². The standard InChI is InChI=1S/C17H23NSi/c1-13(2)14-7-6-8-15(11-14)17-10-9-16(12-18-17)19(3,4)5/h6-13H,1-5H3/i13D. The van der Waals surface area contributed by atoms with Crippen molar-refractivity contribution in [1.29, 1.82) is 0 Å². The van der Waals surface area contributed by atoms with E-state index in [2.05, 4.69) is 48.9 Å². The quantitative estimate of drug-likeness (QED) is 0.753. The third-order valence-electron chi connectivity index (χ3n) is 3.37. The van der Waals surface area contributed by atoms with Gasteiger partial charge in [-0.3, -0.25) is 4.98 Å². The van der Waals surface area contributed by atoms with Gasteiger partial charge in [-0.05, 0) is 28.8 Å². The van der Waals surface area contributed by atoms with Crippen LogP contribution in [0.5, 0.6) is 0 Å². The van der Waals surface area contributed by atoms with Crippen molar-refractivity contribution in [2.45, 2.75) is 39.4 Å². The molecule has 1 aromatic heterocycles. The van der Waals surface area contributed by atoms with E-state index in [0.29, 0.717) is 0 Å². The zero-order chi connectivity index (χ0) is 15.0. The van der Waals surface area contributed by atoms with E-state index in [1.165, 1.54) is 5.19 Å². The lowest BCUT2D eigenvalue weighted by molar-refractivity contribution is 0.867. The monoisotopic (exact) mass is 270 g/mol. The lowest BCUT2D eigenvalue weighted by Gasteiger charge is -2.16. The molecule has 2 rings (SSSR count). The number of nitrogens with zero attached hydrogens (tertiary/aromatic N) is 1. The van der Waals surface area contributed by atoms with Crippen LogP contribution < -0.4 is 5.19 Å². The van der Waals surface area contributed by atoms with E-state index in [4.69, 9.17) is 1.37 Å². The van der Waals surface area contributed by atoms with Crippen molar-refractivity contribution in [3.05, 3.63) is 48.2 Å². The molecule has 2 aromatic rings. The highest BCUT2D eigenvalue weighted by molar-refractivity contribution is 6.88. The highest BCUT2D eigenvalue weighted by atomic mass is 28.3. The molecule has 0 N–H and O–H groups in total. The topological polar surface area (TPSA) is 12.9 Å². The van der Waals surface area contributed by atoms with Crippen molar-refractivity contribution in [2.24, 2.45) is 0 Å². The van der Waals surface area contributed by atoms with Crippen molar-refractivity contribution in [3.63, 3.8) is 0 Å². The Hall–Kier alpha value is -1.41. The predicted octanol–water partition coefficient (Wildman–Crippen LogP) is 4.42. The van der Waals surface area contributed by atoms with Crippen molar-refractivity contribution >= 4 is 13.3 Å². The minimum atomic E-state index is -1.29. The summed E-state index contributed by atoms with van der Waals surface area (Å²) in [7, 11) is -1.29. The van der Waals surface area contributed by atoms with Crippen LogP contribution in [-0.4, -0.2) is 13.1 Å². The van der Waals surface area contributed by atoms with Gasteiger partial charge in [0.25, 0.3) is 0 Å². The highest BCUT2D eigenvalue weighted by Gasteiger charge is 2.16. The molecule has 1 nitrogen and oxygen atoms in total. The van der Waals surface area contributed by atoms with Gasteiger partial charge in [0.15, 0.2) is 0 Å². The minimum Gasteiger partial charge on any atom is -0.256 e. The molecule has 0 radical (unpaired) electrons. The first-order valence-electron chi connectivity index (χ1n) is 7.25. The first kappa shape index (κ1) is 12.6. The van der Waals surface area contributed by atoms with Crippen molar-refractivity contribution in [2.75, 3.05) is 0 Å². The summed E-state index contributed by atoms with van der Waals surface area (Å²) >= 11 is 0. The van der Waals surface area contributed by atoms with Gasteiger partial charge in [-0.15, -0.1) is 0 Å². The smallest absolute Gasteiger partial charge is 0.0796 e. The Labute approximate surface area is 119 Å². The summed E-state index contributed by atoms with van der Waals surface area (Å²) in [4.78, 5) is 4.61. The molecule has 0 aliphatic heterocycles. The molecule has 1 aromatic carbocycles. The number of hydrogen-bond acceptors (Lipinski definition) is 1. The molecule has 0 amide bonds. The van der Waals surface area contributed by atoms with E-state index < -0.39 is 14.0 Å². The Morgan fingerprint density at radius 3 is 2.37 bits per heavy atom. The number of pyridine rings is 1. The lowest BCUT2D eigenvalue weighted by atomic mass is 9.99. The summed E-state index contributed by atoms with van der Waals surface area (Å²) < 4.78 is 8.13. The molecule has 100 valence electrons. The van der Waals surface area contributed by atoms with Crippen LogP contribution in [-0.2, 0) is 0 Å². The molecule has 0 fully saturated rings. The SMILES string of the molecule is [2H]C(C)(C)c1cccc(-c2ccc([Si](C)(C)C)cn2)c1. The molecular weight excluding hydrogens is 246 g/mol. The van der Waals surface area contributed by atoms with Crippen molar-refractivity contribution < 1.29 is 1.37 Å². The summed E-state index contributed by atoms with van der Waals surface area (Å²) in [5, 5.41) is 1.37.